The molecule has 3 fully saturated rings. The van der Waals surface area contributed by atoms with Gasteiger partial charge >= 0.3 is 0 Å². The highest BCUT2D eigenvalue weighted by atomic mass is 16.7. The van der Waals surface area contributed by atoms with Gasteiger partial charge in [-0.15, -0.1) is 0 Å². The fraction of sp³-hybridized carbons (Fsp3) is 0.700. The lowest BCUT2D eigenvalue weighted by Gasteiger charge is -2.43. The van der Waals surface area contributed by atoms with Crippen LogP contribution in [0.4, 0.5) is 0 Å². The van der Waals surface area contributed by atoms with Crippen LogP contribution >= 0.6 is 0 Å². The molecule has 4 atom stereocenters. The minimum absolute atomic E-state index is 0.156. The zero-order valence-electron chi connectivity index (χ0n) is 16.1. The number of fused-ring (bicyclic) bond motifs is 1. The first-order valence-corrected chi connectivity index (χ1v) is 10.2. The fourth-order valence-corrected chi connectivity index (χ4v) is 4.84. The Labute approximate surface area is 168 Å². The third kappa shape index (κ3) is 3.68. The second-order valence-corrected chi connectivity index (χ2v) is 7.98. The Morgan fingerprint density at radius 3 is 2.66 bits per heavy atom. The maximum Gasteiger partial charge on any atom is 0.246 e. The molecule has 4 unspecified atom stereocenters. The number of nitro groups is 1. The van der Waals surface area contributed by atoms with Gasteiger partial charge in [0.05, 0.1) is 19.1 Å². The van der Waals surface area contributed by atoms with Gasteiger partial charge < -0.3 is 28.4 Å². The Kier molecular flexibility index (Phi) is 5.07. The predicted octanol–water partition coefficient (Wildman–Crippen LogP) is 2.59. The molecule has 1 aromatic rings. The first-order valence-electron chi connectivity index (χ1n) is 10.2. The van der Waals surface area contributed by atoms with Crippen LogP contribution in [0.1, 0.15) is 43.6 Å². The van der Waals surface area contributed by atoms with Crippen LogP contribution < -0.4 is 9.47 Å². The average Bonchev–Trinajstić information content (AvgIpc) is 3.37. The molecule has 0 radical (unpaired) electrons. The molecular formula is C20H25NO8. The molecule has 158 valence electrons. The molecule has 3 heterocycles. The van der Waals surface area contributed by atoms with E-state index >= 15 is 0 Å². The van der Waals surface area contributed by atoms with Crippen molar-refractivity contribution in [3.63, 3.8) is 0 Å². The van der Waals surface area contributed by atoms with Gasteiger partial charge in [0, 0.05) is 24.4 Å². The normalized spacial score (nSPS) is 33.1. The van der Waals surface area contributed by atoms with Gasteiger partial charge in [0.25, 0.3) is 0 Å². The van der Waals surface area contributed by atoms with Crippen molar-refractivity contribution >= 4 is 0 Å². The summed E-state index contributed by atoms with van der Waals surface area (Å²) in [5.41, 5.74) is 0.798. The van der Waals surface area contributed by atoms with Gasteiger partial charge in [0.15, 0.2) is 23.6 Å². The van der Waals surface area contributed by atoms with Crippen molar-refractivity contribution in [3.8, 4) is 11.5 Å². The van der Waals surface area contributed by atoms with E-state index in [9.17, 15) is 10.1 Å². The topological polar surface area (TPSA) is 98.5 Å². The number of rotatable bonds is 4. The SMILES string of the molecule is O=[N+]([O-])C1C(OC2CCCCO2)CC2(CC1c1ccc3c(c1)OCO3)OCCO2. The smallest absolute Gasteiger partial charge is 0.246 e. The standard InChI is InChI=1S/C20H25NO8/c22-21(23)19-14(13-4-5-15-16(9-13)26-12-25-15)10-20(27-7-8-28-20)11-17(19)29-18-3-1-2-6-24-18/h4-5,9,14,17-19H,1-3,6-8,10-12H2. The molecule has 0 aromatic heterocycles. The molecule has 0 N–H and O–H groups in total. The molecule has 29 heavy (non-hydrogen) atoms. The summed E-state index contributed by atoms with van der Waals surface area (Å²) in [4.78, 5) is 11.9. The minimum atomic E-state index is -0.931. The summed E-state index contributed by atoms with van der Waals surface area (Å²) < 4.78 is 34.6. The van der Waals surface area contributed by atoms with Crippen molar-refractivity contribution in [2.45, 2.75) is 62.2 Å². The van der Waals surface area contributed by atoms with Crippen LogP contribution in [-0.4, -0.2) is 55.8 Å². The molecule has 2 saturated heterocycles. The largest absolute Gasteiger partial charge is 0.454 e. The molecule has 1 aliphatic carbocycles. The Morgan fingerprint density at radius 2 is 1.90 bits per heavy atom. The van der Waals surface area contributed by atoms with Gasteiger partial charge in [0.1, 0.15) is 6.10 Å². The Bertz CT molecular complexity index is 759. The maximum absolute atomic E-state index is 12.2. The zero-order valence-corrected chi connectivity index (χ0v) is 16.1. The summed E-state index contributed by atoms with van der Waals surface area (Å²) >= 11 is 0. The third-order valence-corrected chi connectivity index (χ3v) is 6.18. The van der Waals surface area contributed by atoms with E-state index in [0.29, 0.717) is 44.2 Å². The summed E-state index contributed by atoms with van der Waals surface area (Å²) in [6.45, 7) is 1.72. The third-order valence-electron chi connectivity index (χ3n) is 6.18. The van der Waals surface area contributed by atoms with Gasteiger partial charge in [-0.05, 0) is 37.0 Å². The van der Waals surface area contributed by atoms with Crippen molar-refractivity contribution in [1.29, 1.82) is 0 Å². The van der Waals surface area contributed by atoms with E-state index in [4.69, 9.17) is 28.4 Å². The van der Waals surface area contributed by atoms with E-state index in [2.05, 4.69) is 0 Å². The molecule has 0 amide bonds. The average molecular weight is 407 g/mol. The summed E-state index contributed by atoms with van der Waals surface area (Å²) in [7, 11) is 0. The zero-order chi connectivity index (χ0) is 19.8. The van der Waals surface area contributed by atoms with Crippen LogP contribution in [-0.2, 0) is 18.9 Å². The quantitative estimate of drug-likeness (QED) is 0.555. The van der Waals surface area contributed by atoms with Gasteiger partial charge in [0.2, 0.25) is 12.8 Å². The van der Waals surface area contributed by atoms with Crippen molar-refractivity contribution < 1.29 is 33.3 Å². The van der Waals surface area contributed by atoms with Crippen molar-refractivity contribution in [1.82, 2.24) is 0 Å². The summed E-state index contributed by atoms with van der Waals surface area (Å²) in [5.74, 6) is -0.0634. The van der Waals surface area contributed by atoms with Crippen molar-refractivity contribution in [3.05, 3.63) is 33.9 Å². The highest BCUT2D eigenvalue weighted by molar-refractivity contribution is 5.46. The van der Waals surface area contributed by atoms with E-state index in [-0.39, 0.29) is 11.7 Å². The lowest BCUT2D eigenvalue weighted by atomic mass is 9.75. The molecule has 3 aliphatic heterocycles. The number of nitrogens with zero attached hydrogens (tertiary/aromatic N) is 1. The lowest BCUT2D eigenvalue weighted by molar-refractivity contribution is -0.550. The molecule has 1 aromatic carbocycles. The summed E-state index contributed by atoms with van der Waals surface area (Å²) in [6.07, 6.45) is 2.33. The van der Waals surface area contributed by atoms with E-state index < -0.39 is 30.1 Å². The van der Waals surface area contributed by atoms with Crippen LogP contribution in [0.15, 0.2) is 18.2 Å². The molecule has 9 nitrogen and oxygen atoms in total. The number of ether oxygens (including phenoxy) is 6. The van der Waals surface area contributed by atoms with E-state index in [0.717, 1.165) is 24.8 Å². The van der Waals surface area contributed by atoms with Gasteiger partial charge in [-0.25, -0.2) is 0 Å². The predicted molar refractivity (Wildman–Crippen MR) is 98.4 cm³/mol. The van der Waals surface area contributed by atoms with Crippen LogP contribution in [0.25, 0.3) is 0 Å². The van der Waals surface area contributed by atoms with E-state index in [1.54, 1.807) is 6.07 Å². The molecule has 1 saturated carbocycles. The molecule has 4 aliphatic rings. The summed E-state index contributed by atoms with van der Waals surface area (Å²) in [5, 5.41) is 12.2. The Hall–Kier alpha value is -1.94. The highest BCUT2D eigenvalue weighted by Crippen LogP contribution is 2.47. The first kappa shape index (κ1) is 19.0. The first-order chi connectivity index (χ1) is 14.1. The van der Waals surface area contributed by atoms with Crippen molar-refractivity contribution in [2.75, 3.05) is 26.6 Å². The number of hydrogen-bond acceptors (Lipinski definition) is 8. The molecule has 9 heteroatoms. The van der Waals surface area contributed by atoms with E-state index in [1.807, 2.05) is 12.1 Å². The highest BCUT2D eigenvalue weighted by Gasteiger charge is 2.56. The maximum atomic E-state index is 12.2. The second-order valence-electron chi connectivity index (χ2n) is 7.98. The van der Waals surface area contributed by atoms with Gasteiger partial charge in [-0.1, -0.05) is 6.07 Å². The molecule has 0 bridgehead atoms. The second kappa shape index (κ2) is 7.71. The summed E-state index contributed by atoms with van der Waals surface area (Å²) in [6, 6.07) is 4.55. The van der Waals surface area contributed by atoms with Crippen LogP contribution in [0.2, 0.25) is 0 Å². The Morgan fingerprint density at radius 1 is 1.07 bits per heavy atom. The fourth-order valence-electron chi connectivity index (χ4n) is 4.84. The Balaban J connectivity index is 1.47. The lowest BCUT2D eigenvalue weighted by Crippen LogP contribution is -2.54. The van der Waals surface area contributed by atoms with Crippen LogP contribution in [0.5, 0.6) is 11.5 Å². The van der Waals surface area contributed by atoms with Crippen LogP contribution in [0, 0.1) is 10.1 Å². The molecule has 5 rings (SSSR count). The van der Waals surface area contributed by atoms with E-state index in [1.165, 1.54) is 0 Å². The van der Waals surface area contributed by atoms with Crippen molar-refractivity contribution in [2.24, 2.45) is 0 Å². The minimum Gasteiger partial charge on any atom is -0.454 e. The van der Waals surface area contributed by atoms with Gasteiger partial charge in [-0.2, -0.15) is 0 Å². The molecule has 1 spiro atoms. The number of hydrogen-bond donors (Lipinski definition) is 0. The molecular weight excluding hydrogens is 382 g/mol. The monoisotopic (exact) mass is 407 g/mol. The number of benzene rings is 1. The van der Waals surface area contributed by atoms with Crippen LogP contribution in [0.3, 0.4) is 0 Å². The van der Waals surface area contributed by atoms with Gasteiger partial charge in [-0.3, -0.25) is 10.1 Å².